The Morgan fingerprint density at radius 3 is 2.29 bits per heavy atom. The number of carbonyl (C=O) groups is 1. The van der Waals surface area contributed by atoms with E-state index in [1.807, 2.05) is 45.0 Å². The lowest BCUT2D eigenvalue weighted by Crippen LogP contribution is -2.29. The van der Waals surface area contributed by atoms with Crippen LogP contribution in [-0.4, -0.2) is 15.6 Å². The number of hydrogen-bond acceptors (Lipinski definition) is 2. The van der Waals surface area contributed by atoms with E-state index >= 15 is 0 Å². The third-order valence-corrected chi connectivity index (χ3v) is 3.49. The lowest BCUT2D eigenvalue weighted by molar-refractivity contribution is 0.0694. The molecule has 1 heterocycles. The third kappa shape index (κ3) is 3.21. The molecule has 0 saturated heterocycles. The van der Waals surface area contributed by atoms with Gasteiger partial charge in [0.05, 0.1) is 6.54 Å². The maximum absolute atomic E-state index is 12.4. The highest BCUT2D eigenvalue weighted by Gasteiger charge is 2.15. The van der Waals surface area contributed by atoms with Crippen molar-refractivity contribution in [2.75, 3.05) is 0 Å². The number of aromatic carboxylic acids is 1. The van der Waals surface area contributed by atoms with Gasteiger partial charge in [-0.25, -0.2) is 4.79 Å². The van der Waals surface area contributed by atoms with Crippen LogP contribution in [0.3, 0.4) is 0 Å². The van der Waals surface area contributed by atoms with Gasteiger partial charge >= 0.3 is 5.97 Å². The van der Waals surface area contributed by atoms with Crippen molar-refractivity contribution in [1.29, 1.82) is 0 Å². The van der Waals surface area contributed by atoms with Crippen molar-refractivity contribution in [2.45, 2.75) is 33.2 Å². The SMILES string of the molecule is Cc1ccc(Cn2c(C(C)C)ccc(C(=O)O)c2=O)cc1. The van der Waals surface area contributed by atoms with Crippen molar-refractivity contribution in [3.05, 3.63) is 69.1 Å². The summed E-state index contributed by atoms with van der Waals surface area (Å²) in [6.07, 6.45) is 0. The van der Waals surface area contributed by atoms with Crippen molar-refractivity contribution < 1.29 is 9.90 Å². The monoisotopic (exact) mass is 285 g/mol. The van der Waals surface area contributed by atoms with Gasteiger partial charge < -0.3 is 9.67 Å². The molecule has 110 valence electrons. The van der Waals surface area contributed by atoms with Crippen molar-refractivity contribution in [1.82, 2.24) is 4.57 Å². The second-order valence-electron chi connectivity index (χ2n) is 5.51. The Hall–Kier alpha value is -2.36. The Labute approximate surface area is 123 Å². The second-order valence-corrected chi connectivity index (χ2v) is 5.51. The Morgan fingerprint density at radius 2 is 1.76 bits per heavy atom. The summed E-state index contributed by atoms with van der Waals surface area (Å²) in [6, 6.07) is 11.0. The summed E-state index contributed by atoms with van der Waals surface area (Å²) in [5, 5.41) is 9.11. The molecule has 0 unspecified atom stereocenters. The topological polar surface area (TPSA) is 59.3 Å². The molecule has 21 heavy (non-hydrogen) atoms. The van der Waals surface area contributed by atoms with E-state index in [4.69, 9.17) is 5.11 Å². The molecule has 2 rings (SSSR count). The lowest BCUT2D eigenvalue weighted by Gasteiger charge is -2.16. The Bertz CT molecular complexity index is 712. The number of aromatic nitrogens is 1. The van der Waals surface area contributed by atoms with Gasteiger partial charge in [-0.15, -0.1) is 0 Å². The fourth-order valence-corrected chi connectivity index (χ4v) is 2.30. The summed E-state index contributed by atoms with van der Waals surface area (Å²) < 4.78 is 1.55. The maximum atomic E-state index is 12.4. The van der Waals surface area contributed by atoms with Gasteiger partial charge in [0.1, 0.15) is 5.56 Å². The summed E-state index contributed by atoms with van der Waals surface area (Å²) in [6.45, 7) is 6.36. The van der Waals surface area contributed by atoms with E-state index in [2.05, 4.69) is 0 Å². The fourth-order valence-electron chi connectivity index (χ4n) is 2.30. The standard InChI is InChI=1S/C17H19NO3/c1-11(2)15-9-8-14(17(20)21)16(19)18(15)10-13-6-4-12(3)5-7-13/h4-9,11H,10H2,1-3H3,(H,20,21). The van der Waals surface area contributed by atoms with Crippen LogP contribution >= 0.6 is 0 Å². The molecule has 0 saturated carbocycles. The van der Waals surface area contributed by atoms with Crippen LogP contribution in [0.4, 0.5) is 0 Å². The van der Waals surface area contributed by atoms with Crippen LogP contribution in [0.1, 0.15) is 46.9 Å². The van der Waals surface area contributed by atoms with Gasteiger partial charge in [-0.05, 0) is 30.5 Å². The average Bonchev–Trinajstić information content (AvgIpc) is 2.42. The average molecular weight is 285 g/mol. The molecular weight excluding hydrogens is 266 g/mol. The van der Waals surface area contributed by atoms with Gasteiger partial charge in [0.2, 0.25) is 0 Å². The first kappa shape index (κ1) is 15.0. The Kier molecular flexibility index (Phi) is 4.26. The number of carboxylic acid groups (broad SMARTS) is 1. The number of pyridine rings is 1. The number of carboxylic acids is 1. The van der Waals surface area contributed by atoms with Crippen LogP contribution in [0.2, 0.25) is 0 Å². The molecule has 1 aromatic heterocycles. The normalized spacial score (nSPS) is 10.9. The first-order valence-corrected chi connectivity index (χ1v) is 6.92. The first-order valence-electron chi connectivity index (χ1n) is 6.92. The number of nitrogens with zero attached hydrogens (tertiary/aromatic N) is 1. The zero-order valence-corrected chi connectivity index (χ0v) is 12.5. The molecule has 0 bridgehead atoms. The molecule has 4 heteroatoms. The van der Waals surface area contributed by atoms with Crippen LogP contribution < -0.4 is 5.56 Å². The number of hydrogen-bond donors (Lipinski definition) is 1. The maximum Gasteiger partial charge on any atom is 0.341 e. The first-order chi connectivity index (χ1) is 9.90. The van der Waals surface area contributed by atoms with Crippen molar-refractivity contribution >= 4 is 5.97 Å². The molecule has 1 N–H and O–H groups in total. The molecule has 4 nitrogen and oxygen atoms in total. The zero-order chi connectivity index (χ0) is 15.6. The summed E-state index contributed by atoms with van der Waals surface area (Å²) in [4.78, 5) is 23.5. The number of benzene rings is 1. The molecule has 0 radical (unpaired) electrons. The van der Waals surface area contributed by atoms with Gasteiger partial charge in [-0.2, -0.15) is 0 Å². The van der Waals surface area contributed by atoms with Gasteiger partial charge in [0.25, 0.3) is 5.56 Å². The van der Waals surface area contributed by atoms with E-state index in [-0.39, 0.29) is 11.5 Å². The minimum Gasteiger partial charge on any atom is -0.477 e. The molecule has 0 aliphatic rings. The van der Waals surface area contributed by atoms with Crippen LogP contribution in [-0.2, 0) is 6.54 Å². The second kappa shape index (κ2) is 5.95. The van der Waals surface area contributed by atoms with E-state index in [1.54, 1.807) is 10.6 Å². The summed E-state index contributed by atoms with van der Waals surface area (Å²) in [5.41, 5.74) is 2.33. The van der Waals surface area contributed by atoms with Gasteiger partial charge in [-0.1, -0.05) is 43.7 Å². The highest BCUT2D eigenvalue weighted by atomic mass is 16.4. The van der Waals surface area contributed by atoms with E-state index in [0.29, 0.717) is 6.54 Å². The molecule has 2 aromatic rings. The van der Waals surface area contributed by atoms with E-state index in [9.17, 15) is 9.59 Å². The zero-order valence-electron chi connectivity index (χ0n) is 12.5. The van der Waals surface area contributed by atoms with Crippen LogP contribution in [0.15, 0.2) is 41.2 Å². The van der Waals surface area contributed by atoms with Crippen molar-refractivity contribution in [3.8, 4) is 0 Å². The largest absolute Gasteiger partial charge is 0.477 e. The predicted octanol–water partition coefficient (Wildman–Crippen LogP) is 3.03. The van der Waals surface area contributed by atoms with Gasteiger partial charge in [0, 0.05) is 5.69 Å². The summed E-state index contributed by atoms with van der Waals surface area (Å²) >= 11 is 0. The van der Waals surface area contributed by atoms with Crippen molar-refractivity contribution in [2.24, 2.45) is 0 Å². The van der Waals surface area contributed by atoms with Crippen molar-refractivity contribution in [3.63, 3.8) is 0 Å². The van der Waals surface area contributed by atoms with E-state index in [1.165, 1.54) is 6.07 Å². The molecule has 0 aliphatic heterocycles. The number of rotatable bonds is 4. The number of aryl methyl sites for hydroxylation is 1. The quantitative estimate of drug-likeness (QED) is 0.939. The molecule has 0 atom stereocenters. The fraction of sp³-hybridized carbons (Fsp3) is 0.294. The lowest BCUT2D eigenvalue weighted by atomic mass is 10.1. The van der Waals surface area contributed by atoms with Gasteiger partial charge in [-0.3, -0.25) is 4.79 Å². The van der Waals surface area contributed by atoms with Crippen LogP contribution in [0.5, 0.6) is 0 Å². The van der Waals surface area contributed by atoms with Crippen LogP contribution in [0.25, 0.3) is 0 Å². The third-order valence-electron chi connectivity index (χ3n) is 3.49. The Balaban J connectivity index is 2.53. The van der Waals surface area contributed by atoms with Crippen LogP contribution in [0, 0.1) is 6.92 Å². The predicted molar refractivity (Wildman–Crippen MR) is 82.0 cm³/mol. The minimum absolute atomic E-state index is 0.144. The molecular formula is C17H19NO3. The highest BCUT2D eigenvalue weighted by molar-refractivity contribution is 5.87. The molecule has 0 amide bonds. The molecule has 0 fully saturated rings. The Morgan fingerprint density at radius 1 is 1.14 bits per heavy atom. The van der Waals surface area contributed by atoms with Gasteiger partial charge in [0.15, 0.2) is 0 Å². The highest BCUT2D eigenvalue weighted by Crippen LogP contribution is 2.15. The molecule has 0 spiro atoms. The molecule has 0 aliphatic carbocycles. The minimum atomic E-state index is -1.19. The van der Waals surface area contributed by atoms with E-state index < -0.39 is 11.5 Å². The smallest absolute Gasteiger partial charge is 0.341 e. The summed E-state index contributed by atoms with van der Waals surface area (Å²) in [5.74, 6) is -1.04. The molecule has 1 aromatic carbocycles. The van der Waals surface area contributed by atoms with E-state index in [0.717, 1.165) is 16.8 Å². The summed E-state index contributed by atoms with van der Waals surface area (Å²) in [7, 11) is 0.